The lowest BCUT2D eigenvalue weighted by Crippen LogP contribution is -2.60. The normalized spacial score (nSPS) is 12.7. The fourth-order valence-electron chi connectivity index (χ4n) is 8.88. The van der Waals surface area contributed by atoms with Crippen molar-refractivity contribution in [3.05, 3.63) is 171 Å². The minimum Gasteiger partial charge on any atom is -0.296 e. The molecule has 0 fully saturated rings. The number of anilines is 6. The van der Waals surface area contributed by atoms with Crippen LogP contribution in [0.2, 0.25) is 0 Å². The molecule has 0 amide bonds. The Morgan fingerprint density at radius 3 is 1.95 bits per heavy atom. The third-order valence-electron chi connectivity index (χ3n) is 10.9. The van der Waals surface area contributed by atoms with E-state index in [1.807, 2.05) is 85.6 Å². The molecule has 10 heteroatoms. The zero-order valence-corrected chi connectivity index (χ0v) is 29.3. The number of benzene rings is 3. The lowest BCUT2D eigenvalue weighted by atomic mass is 9.34. The van der Waals surface area contributed by atoms with E-state index in [-0.39, 0.29) is 6.71 Å². The number of rotatable bonds is 5. The first-order valence-corrected chi connectivity index (χ1v) is 18.3. The smallest absolute Gasteiger partial charge is 0.254 e. The molecule has 7 aromatic heterocycles. The summed E-state index contributed by atoms with van der Waals surface area (Å²) in [5, 5.41) is 3.38. The highest BCUT2D eigenvalue weighted by molar-refractivity contribution is 7.00. The fourth-order valence-corrected chi connectivity index (χ4v) is 8.88. The molecular formula is C45H28BN9. The van der Waals surface area contributed by atoms with Gasteiger partial charge in [0.2, 0.25) is 0 Å². The molecule has 0 spiro atoms. The lowest BCUT2D eigenvalue weighted by molar-refractivity contribution is 1.01. The maximum Gasteiger partial charge on any atom is 0.254 e. The molecule has 0 saturated heterocycles. The molecule has 0 unspecified atom stereocenters. The molecule has 2 aliphatic heterocycles. The van der Waals surface area contributed by atoms with Crippen LogP contribution in [0.1, 0.15) is 0 Å². The maximum atomic E-state index is 5.13. The molecule has 0 N–H and O–H groups in total. The van der Waals surface area contributed by atoms with Crippen LogP contribution in [0, 0.1) is 0 Å². The van der Waals surface area contributed by atoms with Crippen molar-refractivity contribution in [1.29, 1.82) is 0 Å². The van der Waals surface area contributed by atoms with Crippen LogP contribution in [0.3, 0.4) is 0 Å². The van der Waals surface area contributed by atoms with Gasteiger partial charge in [-0.15, -0.1) is 0 Å². The van der Waals surface area contributed by atoms with Crippen LogP contribution in [-0.2, 0) is 0 Å². The van der Waals surface area contributed by atoms with Gasteiger partial charge < -0.3 is 0 Å². The van der Waals surface area contributed by atoms with Gasteiger partial charge in [0, 0.05) is 64.2 Å². The number of hydrogen-bond donors (Lipinski definition) is 0. The Bertz CT molecular complexity index is 3070. The van der Waals surface area contributed by atoms with Crippen molar-refractivity contribution in [3.8, 4) is 11.5 Å². The number of para-hydroxylation sites is 2. The Kier molecular flexibility index (Phi) is 6.24. The molecule has 9 heterocycles. The van der Waals surface area contributed by atoms with Gasteiger partial charge in [0.15, 0.2) is 0 Å². The van der Waals surface area contributed by atoms with Gasteiger partial charge in [-0.3, -0.25) is 18.9 Å². The number of nitrogens with zero attached hydrogens (tertiary/aromatic N) is 9. The van der Waals surface area contributed by atoms with Crippen LogP contribution in [-0.4, -0.2) is 40.8 Å². The first kappa shape index (κ1) is 29.9. The van der Waals surface area contributed by atoms with E-state index in [0.29, 0.717) is 0 Å². The van der Waals surface area contributed by atoms with Gasteiger partial charge >= 0.3 is 0 Å². The van der Waals surface area contributed by atoms with E-state index in [9.17, 15) is 0 Å². The average molecular weight is 706 g/mol. The summed E-state index contributed by atoms with van der Waals surface area (Å²) in [5.74, 6) is 3.23. The van der Waals surface area contributed by atoms with Crippen molar-refractivity contribution < 1.29 is 0 Å². The molecule has 55 heavy (non-hydrogen) atoms. The van der Waals surface area contributed by atoms with E-state index in [1.54, 1.807) is 0 Å². The topological polar surface area (TPSA) is 80.8 Å². The number of pyridine rings is 5. The first-order chi connectivity index (χ1) is 27.3. The van der Waals surface area contributed by atoms with E-state index < -0.39 is 0 Å². The van der Waals surface area contributed by atoms with Crippen LogP contribution in [0.15, 0.2) is 171 Å². The van der Waals surface area contributed by atoms with E-state index in [2.05, 4.69) is 104 Å². The first-order valence-electron chi connectivity index (χ1n) is 18.3. The van der Waals surface area contributed by atoms with Gasteiger partial charge in [-0.2, -0.15) is 0 Å². The summed E-state index contributed by atoms with van der Waals surface area (Å²) >= 11 is 0. The van der Waals surface area contributed by atoms with Gasteiger partial charge in [0.1, 0.15) is 34.6 Å². The summed E-state index contributed by atoms with van der Waals surface area (Å²) in [6.45, 7) is -0.0799. The number of hydrogen-bond acceptors (Lipinski definition) is 7. The molecule has 3 aromatic carbocycles. The standard InChI is InChI=1S/C45H28BN9/c1-2-13-29(14-3-1)52-35-27-30(53(37-19-4-7-22-47-37)38-20-5-8-23-48-38)28-36-41(35)46(34-18-12-26-51-44(34)52)33-17-10-15-31-40-32-16-11-25-50-43(32)55(39-21-6-9-24-49-39)45(40)54(36)42(31)33/h1-28H. The van der Waals surface area contributed by atoms with Gasteiger partial charge in [-0.05, 0) is 95.3 Å². The Morgan fingerprint density at radius 2 is 1.18 bits per heavy atom. The van der Waals surface area contributed by atoms with Crippen molar-refractivity contribution in [2.24, 2.45) is 0 Å². The van der Waals surface area contributed by atoms with Crippen LogP contribution >= 0.6 is 0 Å². The van der Waals surface area contributed by atoms with Gasteiger partial charge in [-0.25, -0.2) is 24.9 Å². The van der Waals surface area contributed by atoms with Crippen LogP contribution < -0.4 is 26.2 Å². The van der Waals surface area contributed by atoms with E-state index in [4.69, 9.17) is 24.9 Å². The Labute approximate surface area is 315 Å². The van der Waals surface area contributed by atoms with Crippen LogP contribution in [0.4, 0.5) is 34.5 Å². The highest BCUT2D eigenvalue weighted by Crippen LogP contribution is 2.46. The van der Waals surface area contributed by atoms with Crippen LogP contribution in [0.5, 0.6) is 0 Å². The molecule has 12 rings (SSSR count). The molecule has 0 atom stereocenters. The summed E-state index contributed by atoms with van der Waals surface area (Å²) in [6, 6.07) is 48.4. The predicted molar refractivity (Wildman–Crippen MR) is 221 cm³/mol. The molecule has 9 nitrogen and oxygen atoms in total. The summed E-state index contributed by atoms with van der Waals surface area (Å²) in [6.07, 6.45) is 9.26. The largest absolute Gasteiger partial charge is 0.296 e. The van der Waals surface area contributed by atoms with Gasteiger partial charge in [-0.1, -0.05) is 60.7 Å². The Balaban J connectivity index is 1.29. The van der Waals surface area contributed by atoms with Crippen molar-refractivity contribution >= 4 is 90.6 Å². The fraction of sp³-hybridized carbons (Fsp3) is 0. The highest BCUT2D eigenvalue weighted by atomic mass is 15.3. The Hall–Kier alpha value is -7.59. The van der Waals surface area contributed by atoms with E-state index in [0.717, 1.165) is 79.1 Å². The second-order valence-corrected chi connectivity index (χ2v) is 13.8. The Morgan fingerprint density at radius 1 is 0.509 bits per heavy atom. The quantitative estimate of drug-likeness (QED) is 0.169. The van der Waals surface area contributed by atoms with Crippen molar-refractivity contribution in [2.45, 2.75) is 0 Å². The average Bonchev–Trinajstić information content (AvgIpc) is 3.77. The third kappa shape index (κ3) is 4.16. The van der Waals surface area contributed by atoms with E-state index >= 15 is 0 Å². The monoisotopic (exact) mass is 705 g/mol. The van der Waals surface area contributed by atoms with Gasteiger partial charge in [0.25, 0.3) is 6.71 Å². The second-order valence-electron chi connectivity index (χ2n) is 13.8. The summed E-state index contributed by atoms with van der Waals surface area (Å²) in [5.41, 5.74) is 10.6. The lowest BCUT2D eigenvalue weighted by Gasteiger charge is -2.40. The van der Waals surface area contributed by atoms with E-state index in [1.165, 1.54) is 16.3 Å². The maximum absolute atomic E-state index is 5.13. The molecule has 0 saturated carbocycles. The summed E-state index contributed by atoms with van der Waals surface area (Å²) < 4.78 is 4.67. The van der Waals surface area contributed by atoms with Crippen LogP contribution in [0.25, 0.3) is 44.5 Å². The predicted octanol–water partition coefficient (Wildman–Crippen LogP) is 7.79. The van der Waals surface area contributed by atoms with Crippen molar-refractivity contribution in [2.75, 3.05) is 9.80 Å². The minimum atomic E-state index is -0.0799. The van der Waals surface area contributed by atoms with Crippen molar-refractivity contribution in [1.82, 2.24) is 34.1 Å². The van der Waals surface area contributed by atoms with Crippen molar-refractivity contribution in [3.63, 3.8) is 0 Å². The number of aromatic nitrogens is 7. The minimum absolute atomic E-state index is 0.0799. The highest BCUT2D eigenvalue weighted by Gasteiger charge is 2.44. The summed E-state index contributed by atoms with van der Waals surface area (Å²) in [7, 11) is 0. The zero-order valence-electron chi connectivity index (χ0n) is 29.3. The second kappa shape index (κ2) is 11.5. The SMILES string of the molecule is c1ccc(N2c3cc(N(c4ccccn4)c4ccccn4)cc4c3B(c3cccnc32)c2cccc3c5c6cccnc6n(-c6ccccn6)c5n-4c23)cc1. The molecule has 10 aromatic rings. The third-order valence-corrected chi connectivity index (χ3v) is 10.9. The molecule has 0 bridgehead atoms. The molecule has 2 aliphatic rings. The molecule has 0 radical (unpaired) electrons. The molecular weight excluding hydrogens is 677 g/mol. The number of fused-ring (bicyclic) bond motifs is 9. The molecule has 256 valence electrons. The summed E-state index contributed by atoms with van der Waals surface area (Å²) in [4.78, 5) is 29.2. The zero-order chi connectivity index (χ0) is 36.0. The molecule has 0 aliphatic carbocycles. The van der Waals surface area contributed by atoms with Gasteiger partial charge in [0.05, 0.1) is 11.2 Å².